The molecule has 0 atom stereocenters. The molecule has 3 aromatic carbocycles. The van der Waals surface area contributed by atoms with E-state index in [0.29, 0.717) is 22.0 Å². The molecular formula is C28H21N3O5. The van der Waals surface area contributed by atoms with Crippen molar-refractivity contribution in [2.24, 2.45) is 0 Å². The van der Waals surface area contributed by atoms with Crippen LogP contribution in [-0.2, 0) is 27.4 Å². The van der Waals surface area contributed by atoms with Gasteiger partial charge in [-0.3, -0.25) is 14.2 Å². The van der Waals surface area contributed by atoms with Crippen LogP contribution in [0, 0.1) is 0 Å². The van der Waals surface area contributed by atoms with Gasteiger partial charge in [0.05, 0.1) is 41.1 Å². The number of hydrogen-bond donors (Lipinski definition) is 0. The summed E-state index contributed by atoms with van der Waals surface area (Å²) in [6.07, 6.45) is 1.31. The molecule has 8 nitrogen and oxygen atoms in total. The Labute approximate surface area is 205 Å². The molecule has 8 heteroatoms. The molecule has 0 amide bonds. The Bertz CT molecular complexity index is 1660. The molecule has 2 heterocycles. The lowest BCUT2D eigenvalue weighted by atomic mass is 9.94. The van der Waals surface area contributed by atoms with Crippen molar-refractivity contribution < 1.29 is 19.1 Å². The number of hydrogen-bond acceptors (Lipinski definition) is 7. The van der Waals surface area contributed by atoms with E-state index in [4.69, 9.17) is 9.47 Å². The average molecular weight is 479 g/mol. The molecule has 0 saturated carbocycles. The van der Waals surface area contributed by atoms with Crippen molar-refractivity contribution in [3.8, 4) is 11.1 Å². The van der Waals surface area contributed by atoms with E-state index in [-0.39, 0.29) is 30.0 Å². The van der Waals surface area contributed by atoms with E-state index in [1.807, 2.05) is 54.6 Å². The summed E-state index contributed by atoms with van der Waals surface area (Å²) in [6, 6.07) is 23.7. The van der Waals surface area contributed by atoms with E-state index in [1.165, 1.54) is 18.0 Å². The molecule has 0 aliphatic heterocycles. The van der Waals surface area contributed by atoms with E-state index in [1.54, 1.807) is 24.3 Å². The summed E-state index contributed by atoms with van der Waals surface area (Å²) in [4.78, 5) is 47.2. The number of para-hydroxylation sites is 2. The Morgan fingerprint density at radius 2 is 1.53 bits per heavy atom. The minimum Gasteiger partial charge on any atom is -0.465 e. The molecule has 0 radical (unpaired) electrons. The zero-order chi connectivity index (χ0) is 25.1. The van der Waals surface area contributed by atoms with E-state index < -0.39 is 11.9 Å². The number of aromatic nitrogens is 3. The first-order valence-electron chi connectivity index (χ1n) is 11.2. The third-order valence-corrected chi connectivity index (χ3v) is 5.82. The van der Waals surface area contributed by atoms with Crippen LogP contribution in [0.3, 0.4) is 0 Å². The fraction of sp³-hybridized carbons (Fsp3) is 0.107. The SMILES string of the molecule is COC(=O)c1c(COC(=O)Cn2cnc3ccccc3c2=O)nc2ccccc2c1-c1ccccc1. The number of carbonyl (C=O) groups excluding carboxylic acids is 2. The zero-order valence-corrected chi connectivity index (χ0v) is 19.4. The van der Waals surface area contributed by atoms with Gasteiger partial charge in [0.2, 0.25) is 0 Å². The Morgan fingerprint density at radius 3 is 2.28 bits per heavy atom. The van der Waals surface area contributed by atoms with Gasteiger partial charge in [0.1, 0.15) is 13.2 Å². The van der Waals surface area contributed by atoms with E-state index >= 15 is 0 Å². The first kappa shape index (κ1) is 22.9. The molecule has 0 saturated heterocycles. The number of nitrogens with zero attached hydrogens (tertiary/aromatic N) is 3. The van der Waals surface area contributed by atoms with Crippen molar-refractivity contribution in [3.63, 3.8) is 0 Å². The molecule has 0 aliphatic carbocycles. The van der Waals surface area contributed by atoms with Crippen molar-refractivity contribution in [3.05, 3.63) is 107 Å². The highest BCUT2D eigenvalue weighted by atomic mass is 16.5. The van der Waals surface area contributed by atoms with Gasteiger partial charge >= 0.3 is 11.9 Å². The van der Waals surface area contributed by atoms with Crippen LogP contribution < -0.4 is 5.56 Å². The van der Waals surface area contributed by atoms with Crippen LogP contribution in [0.2, 0.25) is 0 Å². The van der Waals surface area contributed by atoms with E-state index in [0.717, 1.165) is 10.9 Å². The Hall–Kier alpha value is -4.85. The zero-order valence-electron chi connectivity index (χ0n) is 19.4. The highest BCUT2D eigenvalue weighted by Crippen LogP contribution is 2.34. The highest BCUT2D eigenvalue weighted by Gasteiger charge is 2.24. The fourth-order valence-corrected chi connectivity index (χ4v) is 4.15. The average Bonchev–Trinajstić information content (AvgIpc) is 2.92. The second kappa shape index (κ2) is 9.79. The molecule has 0 fully saturated rings. The molecule has 36 heavy (non-hydrogen) atoms. The summed E-state index contributed by atoms with van der Waals surface area (Å²) in [5, 5.41) is 1.18. The lowest BCUT2D eigenvalue weighted by Crippen LogP contribution is -2.26. The number of carbonyl (C=O) groups is 2. The molecule has 0 spiro atoms. The van der Waals surface area contributed by atoms with Crippen molar-refractivity contribution in [1.29, 1.82) is 0 Å². The van der Waals surface area contributed by atoms with Crippen LogP contribution in [0.15, 0.2) is 90.0 Å². The first-order chi connectivity index (χ1) is 17.6. The lowest BCUT2D eigenvalue weighted by molar-refractivity contribution is -0.145. The predicted octanol–water partition coefficient (Wildman–Crippen LogP) is 4.14. The summed E-state index contributed by atoms with van der Waals surface area (Å²) in [7, 11) is 1.29. The summed E-state index contributed by atoms with van der Waals surface area (Å²) >= 11 is 0. The largest absolute Gasteiger partial charge is 0.465 e. The molecule has 0 aliphatic rings. The maximum Gasteiger partial charge on any atom is 0.340 e. The molecule has 0 bridgehead atoms. The van der Waals surface area contributed by atoms with Crippen molar-refractivity contribution >= 4 is 33.7 Å². The quantitative estimate of drug-likeness (QED) is 0.337. The first-order valence-corrected chi connectivity index (χ1v) is 11.2. The number of rotatable bonds is 6. The Kier molecular flexibility index (Phi) is 6.23. The number of ether oxygens (including phenoxy) is 2. The van der Waals surface area contributed by atoms with Gasteiger partial charge < -0.3 is 9.47 Å². The molecule has 2 aromatic heterocycles. The molecule has 178 valence electrons. The second-order valence-electron chi connectivity index (χ2n) is 8.04. The molecule has 5 rings (SSSR count). The van der Waals surface area contributed by atoms with Gasteiger partial charge in [-0.1, -0.05) is 60.7 Å². The minimum absolute atomic E-state index is 0.222. The van der Waals surface area contributed by atoms with Gasteiger partial charge in [-0.15, -0.1) is 0 Å². The number of methoxy groups -OCH3 is 1. The van der Waals surface area contributed by atoms with Crippen molar-refractivity contribution in [1.82, 2.24) is 14.5 Å². The topological polar surface area (TPSA) is 100 Å². The van der Waals surface area contributed by atoms with Gasteiger partial charge in [-0.25, -0.2) is 14.8 Å². The summed E-state index contributed by atoms with van der Waals surface area (Å²) < 4.78 is 11.7. The Morgan fingerprint density at radius 1 is 0.861 bits per heavy atom. The minimum atomic E-state index is -0.666. The van der Waals surface area contributed by atoms with Crippen LogP contribution in [0.1, 0.15) is 16.1 Å². The molecule has 0 unspecified atom stereocenters. The maximum atomic E-state index is 12.9. The molecular weight excluding hydrogens is 458 g/mol. The summed E-state index contributed by atoms with van der Waals surface area (Å²) in [5.74, 6) is -1.26. The van der Waals surface area contributed by atoms with Gasteiger partial charge in [0.15, 0.2) is 0 Å². The number of benzene rings is 3. The van der Waals surface area contributed by atoms with Crippen LogP contribution in [0.25, 0.3) is 32.9 Å². The highest BCUT2D eigenvalue weighted by molar-refractivity contribution is 6.07. The standard InChI is InChI=1S/C28H21N3O5/c1-35-28(34)26-23(30-22-14-8-5-11-19(22)25(26)18-9-3-2-4-10-18)16-36-24(32)15-31-17-29-21-13-7-6-12-20(21)27(31)33/h2-14,17H,15-16H2,1H3. The number of fused-ring (bicyclic) bond motifs is 2. The lowest BCUT2D eigenvalue weighted by Gasteiger charge is -2.16. The van der Waals surface area contributed by atoms with Gasteiger partial charge in [0.25, 0.3) is 5.56 Å². The molecule has 5 aromatic rings. The van der Waals surface area contributed by atoms with Crippen LogP contribution in [0.5, 0.6) is 0 Å². The van der Waals surface area contributed by atoms with E-state index in [2.05, 4.69) is 9.97 Å². The summed E-state index contributed by atoms with van der Waals surface area (Å²) in [6.45, 7) is -0.604. The van der Waals surface area contributed by atoms with Gasteiger partial charge in [-0.05, 0) is 23.8 Å². The summed E-state index contributed by atoms with van der Waals surface area (Å²) in [5.41, 5.74) is 2.78. The second-order valence-corrected chi connectivity index (χ2v) is 8.04. The van der Waals surface area contributed by atoms with Crippen molar-refractivity contribution in [2.45, 2.75) is 13.2 Å². The monoisotopic (exact) mass is 479 g/mol. The van der Waals surface area contributed by atoms with Gasteiger partial charge in [-0.2, -0.15) is 0 Å². The van der Waals surface area contributed by atoms with Crippen LogP contribution in [0.4, 0.5) is 0 Å². The Balaban J connectivity index is 1.50. The fourth-order valence-electron chi connectivity index (χ4n) is 4.15. The van der Waals surface area contributed by atoms with Crippen molar-refractivity contribution in [2.75, 3.05) is 7.11 Å². The molecule has 0 N–H and O–H groups in total. The van der Waals surface area contributed by atoms with E-state index in [9.17, 15) is 14.4 Å². The predicted molar refractivity (Wildman–Crippen MR) is 134 cm³/mol. The van der Waals surface area contributed by atoms with Crippen LogP contribution >= 0.6 is 0 Å². The third kappa shape index (κ3) is 4.32. The number of esters is 2. The smallest absolute Gasteiger partial charge is 0.340 e. The maximum absolute atomic E-state index is 12.9. The van der Waals surface area contributed by atoms with Gasteiger partial charge in [0, 0.05) is 10.9 Å². The normalized spacial score (nSPS) is 10.9. The number of pyridine rings is 1. The third-order valence-electron chi connectivity index (χ3n) is 5.82. The van der Waals surface area contributed by atoms with Crippen LogP contribution in [-0.4, -0.2) is 33.6 Å².